The van der Waals surface area contributed by atoms with Crippen LogP contribution >= 0.6 is 11.3 Å². The van der Waals surface area contributed by atoms with Gasteiger partial charge in [-0.05, 0) is 49.7 Å². The molecule has 0 bridgehead atoms. The highest BCUT2D eigenvalue weighted by Crippen LogP contribution is 2.17. The van der Waals surface area contributed by atoms with Gasteiger partial charge in [0.05, 0.1) is 11.5 Å². The Bertz CT molecular complexity index is 1040. The lowest BCUT2D eigenvalue weighted by molar-refractivity contribution is -0.683. The number of benzene rings is 2. The highest BCUT2D eigenvalue weighted by Gasteiger charge is 2.09. The average Bonchev–Trinajstić information content (AvgIpc) is 3.31. The van der Waals surface area contributed by atoms with Crippen LogP contribution in [0, 0.1) is 6.92 Å². The fourth-order valence-electron chi connectivity index (χ4n) is 4.53. The number of hydrogen-bond donors (Lipinski definition) is 1. The van der Waals surface area contributed by atoms with Gasteiger partial charge in [-0.1, -0.05) is 101 Å². The monoisotopic (exact) mass is 521 g/mol. The predicted octanol–water partition coefficient (Wildman–Crippen LogP) is 8.72. The number of nitrogens with one attached hydrogen (secondary N) is 1. The van der Waals surface area contributed by atoms with Crippen molar-refractivity contribution in [3.63, 3.8) is 0 Å². The number of unbranched alkanes of at least 4 members (excludes halogenated alkanes) is 11. The van der Waals surface area contributed by atoms with E-state index >= 15 is 0 Å². The van der Waals surface area contributed by atoms with Crippen molar-refractivity contribution in [3.05, 3.63) is 76.2 Å². The molecule has 4 nitrogen and oxygen atoms in total. The van der Waals surface area contributed by atoms with E-state index in [1.54, 1.807) is 11.3 Å². The molecule has 5 heteroatoms. The van der Waals surface area contributed by atoms with Crippen molar-refractivity contribution in [1.29, 1.82) is 0 Å². The summed E-state index contributed by atoms with van der Waals surface area (Å²) in [5.74, 6) is 0.716. The summed E-state index contributed by atoms with van der Waals surface area (Å²) < 4.78 is 8.06. The third-order valence-electron chi connectivity index (χ3n) is 6.65. The van der Waals surface area contributed by atoms with Crippen LogP contribution in [0.15, 0.2) is 60.2 Å². The molecule has 0 aliphatic rings. The molecule has 0 saturated heterocycles. The molecule has 1 amide bonds. The lowest BCUT2D eigenvalue weighted by atomic mass is 10.1. The third kappa shape index (κ3) is 11.5. The summed E-state index contributed by atoms with van der Waals surface area (Å²) in [4.78, 5) is 14.0. The van der Waals surface area contributed by atoms with Crippen LogP contribution in [0.2, 0.25) is 0 Å². The lowest BCUT2D eigenvalue weighted by Gasteiger charge is -2.09. The van der Waals surface area contributed by atoms with Gasteiger partial charge in [0.15, 0.2) is 12.7 Å². The van der Waals surface area contributed by atoms with Crippen LogP contribution in [-0.2, 0) is 6.54 Å². The largest absolute Gasteiger partial charge is 0.494 e. The molecule has 0 atom stereocenters. The van der Waals surface area contributed by atoms with Crippen molar-refractivity contribution in [1.82, 2.24) is 0 Å². The topological polar surface area (TPSA) is 42.2 Å². The van der Waals surface area contributed by atoms with Crippen LogP contribution in [0.5, 0.6) is 5.75 Å². The molecular formula is C32H45N2O2S+. The number of anilines is 1. The zero-order chi connectivity index (χ0) is 26.1. The van der Waals surface area contributed by atoms with Crippen molar-refractivity contribution < 1.29 is 14.1 Å². The summed E-state index contributed by atoms with van der Waals surface area (Å²) in [7, 11) is 0. The number of amides is 1. The molecule has 0 aliphatic carbocycles. The minimum atomic E-state index is -0.108. The molecule has 1 heterocycles. The number of thiazole rings is 1. The number of aromatic nitrogens is 1. The Hall–Kier alpha value is -2.66. The quantitative estimate of drug-likeness (QED) is 0.134. The van der Waals surface area contributed by atoms with E-state index in [4.69, 9.17) is 4.74 Å². The Morgan fingerprint density at radius 1 is 0.865 bits per heavy atom. The van der Waals surface area contributed by atoms with Gasteiger partial charge in [0, 0.05) is 16.8 Å². The van der Waals surface area contributed by atoms with Gasteiger partial charge >= 0.3 is 0 Å². The van der Waals surface area contributed by atoms with Crippen molar-refractivity contribution >= 4 is 22.9 Å². The predicted molar refractivity (Wildman–Crippen MR) is 156 cm³/mol. The third-order valence-corrected chi connectivity index (χ3v) is 7.51. The van der Waals surface area contributed by atoms with Crippen LogP contribution in [0.25, 0.3) is 0 Å². The van der Waals surface area contributed by atoms with Crippen LogP contribution in [-0.4, -0.2) is 12.5 Å². The Balaban J connectivity index is 1.28. The van der Waals surface area contributed by atoms with Gasteiger partial charge in [-0.25, -0.2) is 0 Å². The SMILES string of the molecule is CCCCCCCCCCCCCCOc1ccc(C(=O)Nc2cccc(C[n+]3csc(C)c3)c2)cc1. The highest BCUT2D eigenvalue weighted by molar-refractivity contribution is 7.09. The Labute approximate surface area is 228 Å². The number of nitrogens with zero attached hydrogens (tertiary/aromatic N) is 1. The van der Waals surface area contributed by atoms with Crippen molar-refractivity contribution in [2.24, 2.45) is 0 Å². The van der Waals surface area contributed by atoms with Crippen molar-refractivity contribution in [3.8, 4) is 5.75 Å². The van der Waals surface area contributed by atoms with E-state index in [9.17, 15) is 4.79 Å². The zero-order valence-corrected chi connectivity index (χ0v) is 23.7. The van der Waals surface area contributed by atoms with Crippen molar-refractivity contribution in [2.75, 3.05) is 11.9 Å². The first-order valence-electron chi connectivity index (χ1n) is 14.2. The highest BCUT2D eigenvalue weighted by atomic mass is 32.1. The summed E-state index contributed by atoms with van der Waals surface area (Å²) in [6, 6.07) is 15.5. The van der Waals surface area contributed by atoms with E-state index in [0.29, 0.717) is 5.56 Å². The van der Waals surface area contributed by atoms with Crippen LogP contribution in [0.3, 0.4) is 0 Å². The maximum atomic E-state index is 12.7. The number of hydrogen-bond acceptors (Lipinski definition) is 3. The molecule has 1 N–H and O–H groups in total. The number of carbonyl (C=O) groups is 1. The summed E-state index contributed by atoms with van der Waals surface area (Å²) in [5, 5.41) is 3.02. The van der Waals surface area contributed by atoms with Gasteiger partial charge in [0.1, 0.15) is 5.75 Å². The molecule has 0 unspecified atom stereocenters. The first-order chi connectivity index (χ1) is 18.1. The van der Waals surface area contributed by atoms with E-state index in [2.05, 4.69) is 41.5 Å². The van der Waals surface area contributed by atoms with E-state index in [1.807, 2.05) is 42.5 Å². The zero-order valence-electron chi connectivity index (χ0n) is 22.8. The Morgan fingerprint density at radius 3 is 2.14 bits per heavy atom. The van der Waals surface area contributed by atoms with Gasteiger partial charge in [-0.3, -0.25) is 4.79 Å². The van der Waals surface area contributed by atoms with E-state index < -0.39 is 0 Å². The molecule has 3 aromatic rings. The first-order valence-corrected chi connectivity index (χ1v) is 15.1. The molecule has 0 radical (unpaired) electrons. The summed E-state index contributed by atoms with van der Waals surface area (Å²) in [5.41, 5.74) is 4.71. The molecular weight excluding hydrogens is 476 g/mol. The van der Waals surface area contributed by atoms with Gasteiger partial charge in [-0.15, -0.1) is 0 Å². The van der Waals surface area contributed by atoms with Gasteiger partial charge in [0.2, 0.25) is 5.51 Å². The molecule has 1 aromatic heterocycles. The van der Waals surface area contributed by atoms with E-state index in [0.717, 1.165) is 36.6 Å². The maximum Gasteiger partial charge on any atom is 0.255 e. The molecule has 37 heavy (non-hydrogen) atoms. The fraction of sp³-hybridized carbons (Fsp3) is 0.500. The maximum absolute atomic E-state index is 12.7. The molecule has 3 rings (SSSR count). The Morgan fingerprint density at radius 2 is 1.51 bits per heavy atom. The van der Waals surface area contributed by atoms with Gasteiger partial charge in [0.25, 0.3) is 5.91 Å². The normalized spacial score (nSPS) is 11.0. The summed E-state index contributed by atoms with van der Waals surface area (Å²) in [6.45, 7) is 5.90. The van der Waals surface area contributed by atoms with Gasteiger partial charge < -0.3 is 10.1 Å². The summed E-state index contributed by atoms with van der Waals surface area (Å²) in [6.07, 6.45) is 18.2. The lowest BCUT2D eigenvalue weighted by Crippen LogP contribution is -2.30. The Kier molecular flexibility index (Phi) is 13.3. The smallest absolute Gasteiger partial charge is 0.255 e. The number of aryl methyl sites for hydroxylation is 1. The molecule has 200 valence electrons. The molecule has 0 spiro atoms. The van der Waals surface area contributed by atoms with E-state index in [-0.39, 0.29) is 5.91 Å². The number of rotatable bonds is 18. The second-order valence-corrected chi connectivity index (χ2v) is 11.1. The second-order valence-electron chi connectivity index (χ2n) is 10.1. The first kappa shape index (κ1) is 28.9. The summed E-state index contributed by atoms with van der Waals surface area (Å²) >= 11 is 1.73. The fourth-order valence-corrected chi connectivity index (χ4v) is 5.16. The molecule has 0 fully saturated rings. The van der Waals surface area contributed by atoms with Crippen molar-refractivity contribution in [2.45, 2.75) is 97.4 Å². The number of ether oxygens (including phenoxy) is 1. The molecule has 0 saturated carbocycles. The minimum absolute atomic E-state index is 0.108. The standard InChI is InChI=1S/C32H44N2O2S/c1-3-4-5-6-7-8-9-10-11-12-13-14-22-36-31-20-18-29(19-21-31)32(35)33-30-17-15-16-28(23-30)25-34-24-27(2)37-26-34/h15-21,23-24,26H,3-14,22,25H2,1-2H3/p+1. The second kappa shape index (κ2) is 17.0. The van der Waals surface area contributed by atoms with Crippen LogP contribution in [0.1, 0.15) is 105 Å². The van der Waals surface area contributed by atoms with Gasteiger partial charge in [-0.2, -0.15) is 4.57 Å². The van der Waals surface area contributed by atoms with E-state index in [1.165, 1.54) is 75.5 Å². The number of carbonyl (C=O) groups excluding carboxylic acids is 1. The minimum Gasteiger partial charge on any atom is -0.494 e. The van der Waals surface area contributed by atoms with Crippen LogP contribution < -0.4 is 14.6 Å². The molecule has 0 aliphatic heterocycles. The van der Waals surface area contributed by atoms with Crippen LogP contribution in [0.4, 0.5) is 5.69 Å². The molecule has 2 aromatic carbocycles. The average molecular weight is 522 g/mol.